The van der Waals surface area contributed by atoms with Gasteiger partial charge in [-0.2, -0.15) is 15.5 Å². The summed E-state index contributed by atoms with van der Waals surface area (Å²) in [5.74, 6) is 1.59. The predicted molar refractivity (Wildman–Crippen MR) is 138 cm³/mol. The molecule has 2 aromatic rings. The normalized spacial score (nSPS) is 20.1. The van der Waals surface area contributed by atoms with Gasteiger partial charge in [0.1, 0.15) is 17.5 Å². The third-order valence-corrected chi connectivity index (χ3v) is 7.22. The van der Waals surface area contributed by atoms with Crippen molar-refractivity contribution in [3.8, 4) is 17.2 Å². The highest BCUT2D eigenvalue weighted by molar-refractivity contribution is 5.77. The summed E-state index contributed by atoms with van der Waals surface area (Å²) in [5.41, 5.74) is 4.61. The van der Waals surface area contributed by atoms with E-state index in [1.165, 1.54) is 0 Å². The van der Waals surface area contributed by atoms with Gasteiger partial charge in [-0.3, -0.25) is 0 Å². The molecule has 8 heteroatoms. The number of aromatic nitrogens is 3. The van der Waals surface area contributed by atoms with E-state index in [2.05, 4.69) is 27.7 Å². The Bertz CT molecular complexity index is 1240. The highest BCUT2D eigenvalue weighted by Gasteiger charge is 2.43. The Balaban J connectivity index is 1.51. The van der Waals surface area contributed by atoms with E-state index in [1.807, 2.05) is 38.7 Å². The molecule has 1 amide bonds. The quantitative estimate of drug-likeness (QED) is 0.582. The van der Waals surface area contributed by atoms with Gasteiger partial charge in [-0.1, -0.05) is 6.58 Å². The van der Waals surface area contributed by atoms with Crippen LogP contribution in [-0.2, 0) is 4.74 Å². The molecule has 36 heavy (non-hydrogen) atoms. The van der Waals surface area contributed by atoms with Crippen molar-refractivity contribution in [2.24, 2.45) is 5.92 Å². The number of amides is 1. The zero-order chi connectivity index (χ0) is 25.6. The summed E-state index contributed by atoms with van der Waals surface area (Å²) in [5, 5.41) is 18.5. The van der Waals surface area contributed by atoms with E-state index in [4.69, 9.17) is 9.72 Å². The van der Waals surface area contributed by atoms with Crippen LogP contribution in [0, 0.1) is 24.2 Å². The van der Waals surface area contributed by atoms with Crippen LogP contribution in [0.25, 0.3) is 17.2 Å². The van der Waals surface area contributed by atoms with Crippen molar-refractivity contribution < 1.29 is 9.53 Å². The lowest BCUT2D eigenvalue weighted by molar-refractivity contribution is 0.0116. The van der Waals surface area contributed by atoms with E-state index in [-0.39, 0.29) is 12.1 Å². The van der Waals surface area contributed by atoms with Crippen molar-refractivity contribution in [1.82, 2.24) is 20.1 Å². The Hall–Kier alpha value is -3.47. The Kier molecular flexibility index (Phi) is 6.19. The van der Waals surface area contributed by atoms with Gasteiger partial charge in [-0.15, -0.1) is 0 Å². The van der Waals surface area contributed by atoms with Gasteiger partial charge < -0.3 is 14.5 Å². The van der Waals surface area contributed by atoms with Crippen LogP contribution in [0.2, 0.25) is 0 Å². The molecule has 2 aromatic heterocycles. The average Bonchev–Trinajstić information content (AvgIpc) is 3.75. The standard InChI is InChI=1S/C28H34N6O2/c1-6-21-13-20(15-30-32-21)24-17(2)22(14-29)26(31-25(24)19-9-10-19)33-11-12-34(23(16-33)18-7-8-18)27(35)36-28(3,4)5/h6,13,15,18-19,23H,1,7-12,16H2,2-5H3/t23-/m0/s1. The lowest BCUT2D eigenvalue weighted by Crippen LogP contribution is -2.57. The van der Waals surface area contributed by atoms with Crippen LogP contribution in [0.5, 0.6) is 0 Å². The number of anilines is 1. The molecule has 3 fully saturated rings. The number of hydrogen-bond acceptors (Lipinski definition) is 7. The number of hydrogen-bond donors (Lipinski definition) is 0. The largest absolute Gasteiger partial charge is 0.444 e. The topological polar surface area (TPSA) is 95.2 Å². The minimum atomic E-state index is -0.531. The van der Waals surface area contributed by atoms with Gasteiger partial charge in [0.2, 0.25) is 0 Å². The van der Waals surface area contributed by atoms with Gasteiger partial charge in [0.25, 0.3) is 0 Å². The third kappa shape index (κ3) is 4.79. The molecular weight excluding hydrogens is 452 g/mol. The van der Waals surface area contributed by atoms with Crippen molar-refractivity contribution in [3.05, 3.63) is 41.4 Å². The van der Waals surface area contributed by atoms with Crippen LogP contribution in [0.4, 0.5) is 10.6 Å². The predicted octanol–water partition coefficient (Wildman–Crippen LogP) is 5.07. The zero-order valence-electron chi connectivity index (χ0n) is 21.6. The molecule has 2 aliphatic carbocycles. The molecule has 1 saturated heterocycles. The highest BCUT2D eigenvalue weighted by Crippen LogP contribution is 2.47. The summed E-state index contributed by atoms with van der Waals surface area (Å²) >= 11 is 0. The molecule has 0 unspecified atom stereocenters. The van der Waals surface area contributed by atoms with Crippen molar-refractivity contribution in [3.63, 3.8) is 0 Å². The summed E-state index contributed by atoms with van der Waals surface area (Å²) in [7, 11) is 0. The van der Waals surface area contributed by atoms with Crippen LogP contribution in [0.1, 0.15) is 74.9 Å². The van der Waals surface area contributed by atoms with E-state index < -0.39 is 5.60 Å². The molecule has 0 N–H and O–H groups in total. The SMILES string of the molecule is C=Cc1cc(-c2c(C3CC3)nc(N3CCN(C(=O)OC(C)(C)C)[C@H](C4CC4)C3)c(C#N)c2C)cnn1. The van der Waals surface area contributed by atoms with Gasteiger partial charge in [-0.05, 0) is 77.0 Å². The Morgan fingerprint density at radius 3 is 2.61 bits per heavy atom. The number of carbonyl (C=O) groups is 1. The number of piperazine rings is 1. The van der Waals surface area contributed by atoms with Crippen molar-refractivity contribution in [1.29, 1.82) is 5.26 Å². The van der Waals surface area contributed by atoms with E-state index in [0.717, 1.165) is 53.9 Å². The van der Waals surface area contributed by atoms with Gasteiger partial charge in [0.05, 0.1) is 29.2 Å². The Labute approximate surface area is 213 Å². The van der Waals surface area contributed by atoms with Crippen LogP contribution in [0.15, 0.2) is 18.8 Å². The minimum absolute atomic E-state index is 0.0610. The van der Waals surface area contributed by atoms with E-state index in [1.54, 1.807) is 12.3 Å². The van der Waals surface area contributed by atoms with Crippen LogP contribution >= 0.6 is 0 Å². The maximum atomic E-state index is 13.0. The Morgan fingerprint density at radius 2 is 2.00 bits per heavy atom. The summed E-state index contributed by atoms with van der Waals surface area (Å²) in [6.07, 6.45) is 7.58. The molecule has 3 aliphatic rings. The Morgan fingerprint density at radius 1 is 1.25 bits per heavy atom. The summed E-state index contributed by atoms with van der Waals surface area (Å²) in [4.78, 5) is 22.3. The highest BCUT2D eigenvalue weighted by atomic mass is 16.6. The molecular formula is C28H34N6O2. The van der Waals surface area contributed by atoms with Crippen LogP contribution < -0.4 is 4.90 Å². The second-order valence-electron chi connectivity index (χ2n) is 11.2. The monoisotopic (exact) mass is 486 g/mol. The first-order valence-electron chi connectivity index (χ1n) is 12.8. The summed E-state index contributed by atoms with van der Waals surface area (Å²) in [6, 6.07) is 4.46. The molecule has 0 aromatic carbocycles. The fourth-order valence-electron chi connectivity index (χ4n) is 5.14. The summed E-state index contributed by atoms with van der Waals surface area (Å²) < 4.78 is 5.72. The third-order valence-electron chi connectivity index (χ3n) is 7.22. The fourth-order valence-corrected chi connectivity index (χ4v) is 5.14. The first-order valence-corrected chi connectivity index (χ1v) is 12.8. The molecule has 188 valence electrons. The van der Waals surface area contributed by atoms with Crippen LogP contribution in [0.3, 0.4) is 0 Å². The zero-order valence-corrected chi connectivity index (χ0v) is 21.6. The smallest absolute Gasteiger partial charge is 0.410 e. The molecule has 2 saturated carbocycles. The maximum Gasteiger partial charge on any atom is 0.410 e. The van der Waals surface area contributed by atoms with Gasteiger partial charge in [-0.25, -0.2) is 9.78 Å². The second kappa shape index (κ2) is 9.20. The van der Waals surface area contributed by atoms with Gasteiger partial charge in [0.15, 0.2) is 0 Å². The summed E-state index contributed by atoms with van der Waals surface area (Å²) in [6.45, 7) is 13.4. The van der Waals surface area contributed by atoms with Gasteiger partial charge in [0, 0.05) is 36.7 Å². The molecule has 0 bridgehead atoms. The van der Waals surface area contributed by atoms with Crippen molar-refractivity contribution in [2.45, 2.75) is 70.9 Å². The molecule has 8 nitrogen and oxygen atoms in total. The van der Waals surface area contributed by atoms with E-state index >= 15 is 0 Å². The molecule has 1 atom stereocenters. The van der Waals surface area contributed by atoms with Crippen molar-refractivity contribution >= 4 is 18.0 Å². The van der Waals surface area contributed by atoms with Gasteiger partial charge >= 0.3 is 6.09 Å². The minimum Gasteiger partial charge on any atom is -0.444 e. The lowest BCUT2D eigenvalue weighted by atomic mass is 9.94. The number of ether oxygens (including phenoxy) is 1. The number of nitriles is 1. The lowest BCUT2D eigenvalue weighted by Gasteiger charge is -2.43. The van der Waals surface area contributed by atoms with E-state index in [0.29, 0.717) is 42.7 Å². The average molecular weight is 487 g/mol. The van der Waals surface area contributed by atoms with Crippen molar-refractivity contribution in [2.75, 3.05) is 24.5 Å². The molecule has 1 aliphatic heterocycles. The van der Waals surface area contributed by atoms with Crippen LogP contribution in [-0.4, -0.2) is 57.5 Å². The maximum absolute atomic E-state index is 13.0. The molecule has 3 heterocycles. The second-order valence-corrected chi connectivity index (χ2v) is 11.2. The van der Waals surface area contributed by atoms with E-state index in [9.17, 15) is 10.1 Å². The fraction of sp³-hybridized carbons (Fsp3) is 0.536. The molecule has 5 rings (SSSR count). The first-order chi connectivity index (χ1) is 17.2. The number of pyridine rings is 1. The first kappa shape index (κ1) is 24.2. The number of rotatable bonds is 5. The molecule has 0 radical (unpaired) electrons. The number of nitrogens with zero attached hydrogens (tertiary/aromatic N) is 6. The molecule has 0 spiro atoms. The number of carbonyl (C=O) groups excluding carboxylic acids is 1.